The molecule has 0 saturated heterocycles. The second-order valence-corrected chi connectivity index (χ2v) is 4.73. The Morgan fingerprint density at radius 3 is 2.74 bits per heavy atom. The van der Waals surface area contributed by atoms with E-state index in [4.69, 9.17) is 27.9 Å². The second-order valence-electron chi connectivity index (χ2n) is 3.88. The third-order valence-electron chi connectivity index (χ3n) is 2.57. The van der Waals surface area contributed by atoms with E-state index in [2.05, 4.69) is 5.10 Å². The molecule has 0 amide bonds. The maximum Gasteiger partial charge on any atom is 0.358 e. The van der Waals surface area contributed by atoms with Crippen LogP contribution in [0.3, 0.4) is 0 Å². The summed E-state index contributed by atoms with van der Waals surface area (Å²) in [5, 5.41) is 5.18. The molecular weight excluding hydrogens is 287 g/mol. The molecule has 0 atom stereocenters. The average Bonchev–Trinajstić information content (AvgIpc) is 2.72. The summed E-state index contributed by atoms with van der Waals surface area (Å²) in [7, 11) is 1.74. The van der Waals surface area contributed by atoms with Crippen molar-refractivity contribution in [2.24, 2.45) is 7.05 Å². The molecular formula is C13H12Cl2N2O2. The molecule has 0 aliphatic rings. The molecule has 100 valence electrons. The van der Waals surface area contributed by atoms with Gasteiger partial charge in [0.15, 0.2) is 5.69 Å². The first-order valence-corrected chi connectivity index (χ1v) is 6.45. The minimum absolute atomic E-state index is 0.255. The monoisotopic (exact) mass is 298 g/mol. The van der Waals surface area contributed by atoms with Gasteiger partial charge in [-0.25, -0.2) is 4.79 Å². The summed E-state index contributed by atoms with van der Waals surface area (Å²) in [6.45, 7) is 2.06. The number of hydrogen-bond acceptors (Lipinski definition) is 3. The van der Waals surface area contributed by atoms with E-state index in [0.29, 0.717) is 16.7 Å². The molecule has 0 spiro atoms. The van der Waals surface area contributed by atoms with E-state index in [1.807, 2.05) is 0 Å². The van der Waals surface area contributed by atoms with Crippen LogP contribution in [0, 0.1) is 0 Å². The highest BCUT2D eigenvalue weighted by Gasteiger charge is 2.16. The molecule has 0 fully saturated rings. The standard InChI is InChI=1S/C13H12Cl2N2O2/c1-3-19-13(18)11-7-12(17(2)16-11)9-5-4-8(14)6-10(9)15/h4-7H,3H2,1-2H3. The lowest BCUT2D eigenvalue weighted by atomic mass is 10.1. The van der Waals surface area contributed by atoms with Gasteiger partial charge in [0.25, 0.3) is 0 Å². The zero-order valence-electron chi connectivity index (χ0n) is 10.5. The number of carbonyl (C=O) groups is 1. The van der Waals surface area contributed by atoms with Gasteiger partial charge in [-0.05, 0) is 31.2 Å². The van der Waals surface area contributed by atoms with Crippen LogP contribution in [0.1, 0.15) is 17.4 Å². The molecule has 0 radical (unpaired) electrons. The maximum absolute atomic E-state index is 11.6. The van der Waals surface area contributed by atoms with Crippen molar-refractivity contribution in [3.8, 4) is 11.3 Å². The van der Waals surface area contributed by atoms with Gasteiger partial charge in [-0.3, -0.25) is 4.68 Å². The molecule has 0 saturated carbocycles. The Hall–Kier alpha value is -1.52. The number of nitrogens with zero attached hydrogens (tertiary/aromatic N) is 2. The summed E-state index contributed by atoms with van der Waals surface area (Å²) in [5.74, 6) is -0.450. The molecule has 19 heavy (non-hydrogen) atoms. The van der Waals surface area contributed by atoms with E-state index in [9.17, 15) is 4.79 Å². The van der Waals surface area contributed by atoms with E-state index < -0.39 is 5.97 Å². The van der Waals surface area contributed by atoms with Crippen LogP contribution in [0.4, 0.5) is 0 Å². The smallest absolute Gasteiger partial charge is 0.358 e. The lowest BCUT2D eigenvalue weighted by molar-refractivity contribution is 0.0518. The van der Waals surface area contributed by atoms with Gasteiger partial charge in [-0.1, -0.05) is 23.2 Å². The van der Waals surface area contributed by atoms with Crippen LogP contribution in [-0.4, -0.2) is 22.4 Å². The van der Waals surface area contributed by atoms with Crippen molar-refractivity contribution < 1.29 is 9.53 Å². The largest absolute Gasteiger partial charge is 0.461 e. The Morgan fingerprint density at radius 1 is 1.37 bits per heavy atom. The Morgan fingerprint density at radius 2 is 2.11 bits per heavy atom. The molecule has 0 bridgehead atoms. The molecule has 0 N–H and O–H groups in total. The molecule has 2 aromatic rings. The molecule has 2 rings (SSSR count). The predicted octanol–water partition coefficient (Wildman–Crippen LogP) is 3.57. The summed E-state index contributed by atoms with van der Waals surface area (Å²) < 4.78 is 6.50. The fraction of sp³-hybridized carbons (Fsp3) is 0.231. The van der Waals surface area contributed by atoms with Gasteiger partial charge < -0.3 is 4.74 Å². The van der Waals surface area contributed by atoms with Crippen LogP contribution in [0.5, 0.6) is 0 Å². The van der Waals surface area contributed by atoms with E-state index in [0.717, 1.165) is 11.3 Å². The van der Waals surface area contributed by atoms with Crippen LogP contribution < -0.4 is 0 Å². The number of aryl methyl sites for hydroxylation is 1. The third-order valence-corrected chi connectivity index (χ3v) is 3.12. The molecule has 6 heteroatoms. The van der Waals surface area contributed by atoms with Gasteiger partial charge in [-0.15, -0.1) is 0 Å². The minimum Gasteiger partial charge on any atom is -0.461 e. The number of benzene rings is 1. The van der Waals surface area contributed by atoms with E-state index in [-0.39, 0.29) is 5.69 Å². The molecule has 1 aromatic carbocycles. The van der Waals surface area contributed by atoms with Gasteiger partial charge in [-0.2, -0.15) is 5.10 Å². The highest BCUT2D eigenvalue weighted by atomic mass is 35.5. The van der Waals surface area contributed by atoms with Gasteiger partial charge in [0.2, 0.25) is 0 Å². The Balaban J connectivity index is 2.43. The summed E-state index contributed by atoms with van der Waals surface area (Å²) in [6, 6.07) is 6.82. The summed E-state index contributed by atoms with van der Waals surface area (Å²) in [5.41, 5.74) is 1.74. The quantitative estimate of drug-likeness (QED) is 0.814. The number of esters is 1. The summed E-state index contributed by atoms with van der Waals surface area (Å²) in [4.78, 5) is 11.6. The zero-order valence-corrected chi connectivity index (χ0v) is 12.0. The number of hydrogen-bond donors (Lipinski definition) is 0. The fourth-order valence-electron chi connectivity index (χ4n) is 1.72. The van der Waals surface area contributed by atoms with Gasteiger partial charge >= 0.3 is 5.97 Å². The van der Waals surface area contributed by atoms with Crippen LogP contribution in [0.2, 0.25) is 10.0 Å². The number of halogens is 2. The van der Waals surface area contributed by atoms with Crippen LogP contribution >= 0.6 is 23.2 Å². The van der Waals surface area contributed by atoms with Crippen molar-refractivity contribution in [1.82, 2.24) is 9.78 Å². The number of ether oxygens (including phenoxy) is 1. The summed E-state index contributed by atoms with van der Waals surface area (Å²) >= 11 is 12.0. The topological polar surface area (TPSA) is 44.1 Å². The van der Waals surface area contributed by atoms with Crippen molar-refractivity contribution in [1.29, 1.82) is 0 Å². The van der Waals surface area contributed by atoms with Crippen molar-refractivity contribution in [3.63, 3.8) is 0 Å². The third kappa shape index (κ3) is 2.91. The normalized spacial score (nSPS) is 10.5. The van der Waals surface area contributed by atoms with Crippen molar-refractivity contribution in [2.45, 2.75) is 6.92 Å². The lowest BCUT2D eigenvalue weighted by Crippen LogP contribution is -2.05. The highest BCUT2D eigenvalue weighted by Crippen LogP contribution is 2.30. The van der Waals surface area contributed by atoms with E-state index in [1.54, 1.807) is 42.9 Å². The van der Waals surface area contributed by atoms with E-state index in [1.165, 1.54) is 0 Å². The van der Waals surface area contributed by atoms with Gasteiger partial charge in [0.1, 0.15) is 0 Å². The SMILES string of the molecule is CCOC(=O)c1cc(-c2ccc(Cl)cc2Cl)n(C)n1. The Bertz CT molecular complexity index is 623. The Labute approximate surface area is 120 Å². The number of carbonyl (C=O) groups excluding carboxylic acids is 1. The first-order chi connectivity index (χ1) is 9.02. The molecule has 0 unspecified atom stereocenters. The Kier molecular flexibility index (Phi) is 4.12. The highest BCUT2D eigenvalue weighted by molar-refractivity contribution is 6.36. The molecule has 0 aliphatic heterocycles. The first-order valence-electron chi connectivity index (χ1n) is 5.69. The fourth-order valence-corrected chi connectivity index (χ4v) is 2.23. The average molecular weight is 299 g/mol. The first kappa shape index (κ1) is 13.9. The van der Waals surface area contributed by atoms with Gasteiger partial charge in [0, 0.05) is 17.6 Å². The second kappa shape index (κ2) is 5.63. The van der Waals surface area contributed by atoms with Gasteiger partial charge in [0.05, 0.1) is 17.3 Å². The summed E-state index contributed by atoms with van der Waals surface area (Å²) in [6.07, 6.45) is 0. The van der Waals surface area contributed by atoms with E-state index >= 15 is 0 Å². The van der Waals surface area contributed by atoms with Crippen LogP contribution in [0.25, 0.3) is 11.3 Å². The zero-order chi connectivity index (χ0) is 14.0. The van der Waals surface area contributed by atoms with Crippen molar-refractivity contribution in [2.75, 3.05) is 6.61 Å². The molecule has 0 aliphatic carbocycles. The lowest BCUT2D eigenvalue weighted by Gasteiger charge is -2.04. The number of aromatic nitrogens is 2. The van der Waals surface area contributed by atoms with Crippen molar-refractivity contribution >= 4 is 29.2 Å². The maximum atomic E-state index is 11.6. The van der Waals surface area contributed by atoms with Crippen LogP contribution in [-0.2, 0) is 11.8 Å². The van der Waals surface area contributed by atoms with Crippen molar-refractivity contribution in [3.05, 3.63) is 40.0 Å². The van der Waals surface area contributed by atoms with Crippen LogP contribution in [0.15, 0.2) is 24.3 Å². The minimum atomic E-state index is -0.450. The molecule has 1 aromatic heterocycles. The molecule has 1 heterocycles. The molecule has 4 nitrogen and oxygen atoms in total. The predicted molar refractivity (Wildman–Crippen MR) is 74.6 cm³/mol. The number of rotatable bonds is 3.